The SMILES string of the molecule is CCC1(C)NC(=O)C(C)N(CC2CCCN(C)C2)C1=O. The highest BCUT2D eigenvalue weighted by atomic mass is 16.2. The van der Waals surface area contributed by atoms with Crippen molar-refractivity contribution in [1.82, 2.24) is 15.1 Å². The Morgan fingerprint density at radius 1 is 1.40 bits per heavy atom. The van der Waals surface area contributed by atoms with E-state index in [-0.39, 0.29) is 17.9 Å². The van der Waals surface area contributed by atoms with Crippen LogP contribution >= 0.6 is 0 Å². The van der Waals surface area contributed by atoms with Gasteiger partial charge in [0.05, 0.1) is 0 Å². The van der Waals surface area contributed by atoms with Crippen LogP contribution in [0.5, 0.6) is 0 Å². The second-order valence-corrected chi connectivity index (χ2v) is 6.58. The number of carbonyl (C=O) groups excluding carboxylic acids is 2. The van der Waals surface area contributed by atoms with E-state index in [4.69, 9.17) is 0 Å². The summed E-state index contributed by atoms with van der Waals surface area (Å²) in [5, 5.41) is 2.88. The molecule has 0 radical (unpaired) electrons. The summed E-state index contributed by atoms with van der Waals surface area (Å²) in [6.45, 7) is 8.45. The Labute approximate surface area is 121 Å². The summed E-state index contributed by atoms with van der Waals surface area (Å²) in [6, 6.07) is -0.352. The zero-order chi connectivity index (χ0) is 14.9. The maximum absolute atomic E-state index is 12.7. The summed E-state index contributed by atoms with van der Waals surface area (Å²) in [5.41, 5.74) is -0.732. The molecule has 20 heavy (non-hydrogen) atoms. The number of amides is 2. The molecule has 2 fully saturated rings. The number of nitrogens with zero attached hydrogens (tertiary/aromatic N) is 2. The number of hydrogen-bond acceptors (Lipinski definition) is 3. The smallest absolute Gasteiger partial charge is 0.248 e. The van der Waals surface area contributed by atoms with Crippen LogP contribution in [0, 0.1) is 5.92 Å². The number of piperidine rings is 1. The predicted octanol–water partition coefficient (Wildman–Crippen LogP) is 0.844. The van der Waals surface area contributed by atoms with Crippen LogP contribution < -0.4 is 5.32 Å². The van der Waals surface area contributed by atoms with Crippen molar-refractivity contribution in [2.75, 3.05) is 26.7 Å². The van der Waals surface area contributed by atoms with Crippen molar-refractivity contribution in [2.24, 2.45) is 5.92 Å². The Morgan fingerprint density at radius 2 is 2.10 bits per heavy atom. The Bertz CT molecular complexity index is 399. The van der Waals surface area contributed by atoms with Gasteiger partial charge in [0.15, 0.2) is 0 Å². The molecule has 0 aromatic rings. The van der Waals surface area contributed by atoms with Crippen LogP contribution in [0.3, 0.4) is 0 Å². The topological polar surface area (TPSA) is 52.7 Å². The minimum absolute atomic E-state index is 0.0295. The molecule has 0 aromatic carbocycles. The van der Waals surface area contributed by atoms with Gasteiger partial charge in [0.1, 0.15) is 11.6 Å². The van der Waals surface area contributed by atoms with E-state index in [9.17, 15) is 9.59 Å². The highest BCUT2D eigenvalue weighted by Gasteiger charge is 2.45. The van der Waals surface area contributed by atoms with Gasteiger partial charge in [0.25, 0.3) is 0 Å². The fraction of sp³-hybridized carbons (Fsp3) is 0.867. The van der Waals surface area contributed by atoms with Gasteiger partial charge in [0, 0.05) is 13.1 Å². The molecule has 5 nitrogen and oxygen atoms in total. The first-order valence-electron chi connectivity index (χ1n) is 7.69. The van der Waals surface area contributed by atoms with Crippen LogP contribution in [-0.2, 0) is 9.59 Å². The van der Waals surface area contributed by atoms with E-state index in [1.54, 1.807) is 4.90 Å². The third-order valence-electron chi connectivity index (χ3n) is 4.86. The van der Waals surface area contributed by atoms with Gasteiger partial charge in [-0.2, -0.15) is 0 Å². The normalized spacial score (nSPS) is 36.1. The standard InChI is InChI=1S/C15H27N3O2/c1-5-15(3)14(20)18(11(2)13(19)16-15)10-12-7-6-8-17(4)9-12/h11-12H,5-10H2,1-4H3,(H,16,19). The summed E-state index contributed by atoms with van der Waals surface area (Å²) in [7, 11) is 2.12. The van der Waals surface area contributed by atoms with Crippen molar-refractivity contribution in [3.05, 3.63) is 0 Å². The van der Waals surface area contributed by atoms with Gasteiger partial charge in [-0.1, -0.05) is 6.92 Å². The maximum atomic E-state index is 12.7. The first-order chi connectivity index (χ1) is 9.37. The van der Waals surface area contributed by atoms with Crippen molar-refractivity contribution < 1.29 is 9.59 Å². The fourth-order valence-electron chi connectivity index (χ4n) is 3.25. The third-order valence-corrected chi connectivity index (χ3v) is 4.86. The van der Waals surface area contributed by atoms with Crippen molar-refractivity contribution in [1.29, 1.82) is 0 Å². The minimum atomic E-state index is -0.732. The molecule has 0 aliphatic carbocycles. The van der Waals surface area contributed by atoms with Gasteiger partial charge in [0.2, 0.25) is 11.8 Å². The summed E-state index contributed by atoms with van der Waals surface area (Å²) >= 11 is 0. The molecule has 1 N–H and O–H groups in total. The Balaban J connectivity index is 2.11. The lowest BCUT2D eigenvalue weighted by Crippen LogP contribution is -2.69. The van der Waals surface area contributed by atoms with Gasteiger partial charge < -0.3 is 15.1 Å². The summed E-state index contributed by atoms with van der Waals surface area (Å²) in [4.78, 5) is 28.9. The molecule has 2 aliphatic rings. The van der Waals surface area contributed by atoms with E-state index in [2.05, 4.69) is 17.3 Å². The molecule has 114 valence electrons. The van der Waals surface area contributed by atoms with Gasteiger partial charge in [-0.05, 0) is 52.6 Å². The Hall–Kier alpha value is -1.10. The molecule has 2 amide bonds. The molecule has 3 unspecified atom stereocenters. The van der Waals surface area contributed by atoms with Crippen LogP contribution in [0.2, 0.25) is 0 Å². The second kappa shape index (κ2) is 5.72. The summed E-state index contributed by atoms with van der Waals surface area (Å²) < 4.78 is 0. The van der Waals surface area contributed by atoms with E-state index in [0.29, 0.717) is 18.9 Å². The van der Waals surface area contributed by atoms with E-state index < -0.39 is 5.54 Å². The molecule has 0 bridgehead atoms. The van der Waals surface area contributed by atoms with Gasteiger partial charge in [-0.15, -0.1) is 0 Å². The van der Waals surface area contributed by atoms with Crippen LogP contribution in [-0.4, -0.2) is 59.9 Å². The number of carbonyl (C=O) groups is 2. The van der Waals surface area contributed by atoms with Crippen molar-refractivity contribution >= 4 is 11.8 Å². The molecular formula is C15H27N3O2. The van der Waals surface area contributed by atoms with Crippen molar-refractivity contribution in [3.8, 4) is 0 Å². The van der Waals surface area contributed by atoms with E-state index in [1.165, 1.54) is 6.42 Å². The molecular weight excluding hydrogens is 254 g/mol. The molecule has 5 heteroatoms. The molecule has 0 aromatic heterocycles. The lowest BCUT2D eigenvalue weighted by Gasteiger charge is -2.45. The number of nitrogens with one attached hydrogen (secondary N) is 1. The quantitative estimate of drug-likeness (QED) is 0.834. The molecule has 2 heterocycles. The zero-order valence-electron chi connectivity index (χ0n) is 13.1. The monoisotopic (exact) mass is 281 g/mol. The van der Waals surface area contributed by atoms with Crippen molar-refractivity contribution in [3.63, 3.8) is 0 Å². The van der Waals surface area contributed by atoms with Gasteiger partial charge >= 0.3 is 0 Å². The number of hydrogen-bond donors (Lipinski definition) is 1. The fourth-order valence-corrected chi connectivity index (χ4v) is 3.25. The summed E-state index contributed by atoms with van der Waals surface area (Å²) in [6.07, 6.45) is 2.95. The predicted molar refractivity (Wildman–Crippen MR) is 78.2 cm³/mol. The number of piperazine rings is 1. The average Bonchev–Trinajstić information content (AvgIpc) is 2.41. The third kappa shape index (κ3) is 2.82. The van der Waals surface area contributed by atoms with Crippen LogP contribution in [0.4, 0.5) is 0 Å². The van der Waals surface area contributed by atoms with Gasteiger partial charge in [-0.3, -0.25) is 9.59 Å². The highest BCUT2D eigenvalue weighted by Crippen LogP contribution is 2.24. The Morgan fingerprint density at radius 3 is 2.70 bits per heavy atom. The number of rotatable bonds is 3. The van der Waals surface area contributed by atoms with E-state index >= 15 is 0 Å². The maximum Gasteiger partial charge on any atom is 0.248 e. The first-order valence-corrected chi connectivity index (χ1v) is 7.69. The molecule has 2 rings (SSSR count). The largest absolute Gasteiger partial charge is 0.340 e. The van der Waals surface area contributed by atoms with Crippen molar-refractivity contribution in [2.45, 2.75) is 51.6 Å². The van der Waals surface area contributed by atoms with E-state index in [1.807, 2.05) is 20.8 Å². The van der Waals surface area contributed by atoms with Gasteiger partial charge in [-0.25, -0.2) is 0 Å². The summed E-state index contributed by atoms with van der Waals surface area (Å²) in [5.74, 6) is 0.519. The minimum Gasteiger partial charge on any atom is -0.340 e. The zero-order valence-corrected chi connectivity index (χ0v) is 13.1. The molecule has 2 saturated heterocycles. The first kappa shape index (κ1) is 15.3. The number of likely N-dealkylation sites (tertiary alicyclic amines) is 1. The average molecular weight is 281 g/mol. The van der Waals surface area contributed by atoms with E-state index in [0.717, 1.165) is 19.5 Å². The molecule has 2 aliphatic heterocycles. The molecule has 0 spiro atoms. The lowest BCUT2D eigenvalue weighted by molar-refractivity contribution is -0.154. The van der Waals surface area contributed by atoms with Crippen LogP contribution in [0.25, 0.3) is 0 Å². The van der Waals surface area contributed by atoms with Crippen LogP contribution in [0.1, 0.15) is 40.0 Å². The molecule has 0 saturated carbocycles. The Kier molecular flexibility index (Phi) is 4.37. The van der Waals surface area contributed by atoms with Crippen LogP contribution in [0.15, 0.2) is 0 Å². The highest BCUT2D eigenvalue weighted by molar-refractivity contribution is 5.99. The lowest BCUT2D eigenvalue weighted by atomic mass is 9.90. The molecule has 3 atom stereocenters. The second-order valence-electron chi connectivity index (χ2n) is 6.58.